The second-order valence-corrected chi connectivity index (χ2v) is 6.67. The van der Waals surface area contributed by atoms with E-state index in [2.05, 4.69) is 43.0 Å². The van der Waals surface area contributed by atoms with Crippen LogP contribution in [-0.2, 0) is 4.79 Å². The number of carbonyl (C=O) groups excluding carboxylic acids is 1. The lowest BCUT2D eigenvalue weighted by molar-refractivity contribution is -0.123. The van der Waals surface area contributed by atoms with Gasteiger partial charge in [0.05, 0.1) is 11.4 Å². The standard InChI is InChI=1S/C20H35N3O/c1-9-11-12-18(23-20(24)15(5)6)22-17(8)19(14(3)4)21-13-16(7)10-2/h12-13,15-16,22H,8-11H2,1-7H3,(H,23,24)/b18-12-,21-13-. The first-order valence-corrected chi connectivity index (χ1v) is 8.91. The molecular weight excluding hydrogens is 298 g/mol. The maximum Gasteiger partial charge on any atom is 0.228 e. The van der Waals surface area contributed by atoms with Crippen LogP contribution in [0.1, 0.15) is 67.7 Å². The van der Waals surface area contributed by atoms with Crippen molar-refractivity contribution in [3.63, 3.8) is 0 Å². The minimum Gasteiger partial charge on any atom is -0.341 e. The third kappa shape index (κ3) is 8.70. The Morgan fingerprint density at radius 3 is 2.25 bits per heavy atom. The molecule has 0 spiro atoms. The average molecular weight is 334 g/mol. The zero-order chi connectivity index (χ0) is 18.7. The van der Waals surface area contributed by atoms with Crippen LogP contribution in [0.4, 0.5) is 0 Å². The number of hydrogen-bond donors (Lipinski definition) is 2. The summed E-state index contributed by atoms with van der Waals surface area (Å²) in [6.45, 7) is 18.3. The quantitative estimate of drug-likeness (QED) is 0.440. The maximum atomic E-state index is 12.0. The number of aliphatic imine (C=N–C) groups is 1. The third-order valence-corrected chi connectivity index (χ3v) is 3.57. The summed E-state index contributed by atoms with van der Waals surface area (Å²) in [5.41, 5.74) is 2.61. The first-order valence-electron chi connectivity index (χ1n) is 8.91. The van der Waals surface area contributed by atoms with Crippen molar-refractivity contribution >= 4 is 12.1 Å². The molecule has 0 aromatic carbocycles. The average Bonchev–Trinajstić information content (AvgIpc) is 2.51. The number of rotatable bonds is 10. The van der Waals surface area contributed by atoms with Crippen LogP contribution in [0, 0.1) is 11.8 Å². The van der Waals surface area contributed by atoms with Gasteiger partial charge < -0.3 is 10.6 Å². The molecule has 24 heavy (non-hydrogen) atoms. The summed E-state index contributed by atoms with van der Waals surface area (Å²) in [6, 6.07) is 0. The summed E-state index contributed by atoms with van der Waals surface area (Å²) < 4.78 is 0. The molecule has 1 amide bonds. The van der Waals surface area contributed by atoms with E-state index in [-0.39, 0.29) is 11.8 Å². The van der Waals surface area contributed by atoms with Gasteiger partial charge >= 0.3 is 0 Å². The van der Waals surface area contributed by atoms with Gasteiger partial charge in [-0.15, -0.1) is 0 Å². The van der Waals surface area contributed by atoms with Crippen LogP contribution in [0.2, 0.25) is 0 Å². The number of amides is 1. The molecule has 1 unspecified atom stereocenters. The molecular formula is C20H35N3O. The molecule has 0 aliphatic rings. The SMILES string of the molecule is C=C(N/C(=C/CCC)NC(=O)C(C)C)C(/N=C\C(C)CC)=C(C)C. The highest BCUT2D eigenvalue weighted by atomic mass is 16.1. The lowest BCUT2D eigenvalue weighted by atomic mass is 10.1. The molecule has 4 heteroatoms. The zero-order valence-electron chi connectivity index (χ0n) is 16.5. The van der Waals surface area contributed by atoms with E-state index in [0.29, 0.717) is 17.4 Å². The molecule has 0 aliphatic carbocycles. The van der Waals surface area contributed by atoms with Gasteiger partial charge in [-0.05, 0) is 44.3 Å². The predicted octanol–water partition coefficient (Wildman–Crippen LogP) is 4.91. The van der Waals surface area contributed by atoms with Gasteiger partial charge in [0.2, 0.25) is 5.91 Å². The van der Waals surface area contributed by atoms with Crippen LogP contribution >= 0.6 is 0 Å². The Kier molecular flexibility index (Phi) is 10.8. The van der Waals surface area contributed by atoms with Crippen LogP contribution in [0.5, 0.6) is 0 Å². The van der Waals surface area contributed by atoms with Crippen molar-refractivity contribution < 1.29 is 4.79 Å². The van der Waals surface area contributed by atoms with Crippen molar-refractivity contribution in [1.29, 1.82) is 0 Å². The Balaban J connectivity index is 5.23. The Labute approximate surface area is 148 Å². The second kappa shape index (κ2) is 11.7. The van der Waals surface area contributed by atoms with E-state index in [1.807, 2.05) is 40.0 Å². The third-order valence-electron chi connectivity index (χ3n) is 3.57. The minimum atomic E-state index is -0.0727. The fraction of sp³-hybridized carbons (Fsp3) is 0.600. The highest BCUT2D eigenvalue weighted by molar-refractivity contribution is 5.79. The molecule has 0 radical (unpaired) electrons. The van der Waals surface area contributed by atoms with Crippen molar-refractivity contribution in [2.75, 3.05) is 0 Å². The number of unbranched alkanes of at least 4 members (excludes halogenated alkanes) is 1. The van der Waals surface area contributed by atoms with Crippen molar-refractivity contribution in [3.8, 4) is 0 Å². The topological polar surface area (TPSA) is 53.5 Å². The van der Waals surface area contributed by atoms with E-state index in [1.54, 1.807) is 0 Å². The Morgan fingerprint density at radius 2 is 1.79 bits per heavy atom. The van der Waals surface area contributed by atoms with E-state index in [1.165, 1.54) is 0 Å². The lowest BCUT2D eigenvalue weighted by Crippen LogP contribution is -2.34. The number of allylic oxidation sites excluding steroid dienone is 2. The Morgan fingerprint density at radius 1 is 1.17 bits per heavy atom. The lowest BCUT2D eigenvalue weighted by Gasteiger charge is -2.17. The molecule has 0 bridgehead atoms. The van der Waals surface area contributed by atoms with Crippen molar-refractivity contribution in [2.24, 2.45) is 16.8 Å². The van der Waals surface area contributed by atoms with Crippen LogP contribution in [-0.4, -0.2) is 12.1 Å². The number of nitrogens with one attached hydrogen (secondary N) is 2. The molecule has 1 atom stereocenters. The van der Waals surface area contributed by atoms with Crippen LogP contribution < -0.4 is 10.6 Å². The maximum absolute atomic E-state index is 12.0. The smallest absolute Gasteiger partial charge is 0.228 e. The van der Waals surface area contributed by atoms with Gasteiger partial charge in [-0.3, -0.25) is 9.79 Å². The van der Waals surface area contributed by atoms with Gasteiger partial charge in [-0.2, -0.15) is 0 Å². The number of hydrogen-bond acceptors (Lipinski definition) is 3. The van der Waals surface area contributed by atoms with E-state index in [4.69, 9.17) is 0 Å². The molecule has 0 fully saturated rings. The van der Waals surface area contributed by atoms with Gasteiger partial charge in [0, 0.05) is 12.1 Å². The minimum absolute atomic E-state index is 0.0143. The van der Waals surface area contributed by atoms with Crippen molar-refractivity contribution in [1.82, 2.24) is 10.6 Å². The van der Waals surface area contributed by atoms with Crippen LogP contribution in [0.15, 0.2) is 40.4 Å². The number of nitrogens with zero attached hydrogens (tertiary/aromatic N) is 1. The summed E-state index contributed by atoms with van der Waals surface area (Å²) in [5.74, 6) is 1.01. The zero-order valence-corrected chi connectivity index (χ0v) is 16.5. The molecule has 0 saturated carbocycles. The summed E-state index contributed by atoms with van der Waals surface area (Å²) in [4.78, 5) is 16.6. The van der Waals surface area contributed by atoms with Crippen molar-refractivity contribution in [2.45, 2.75) is 67.7 Å². The first-order chi connectivity index (χ1) is 11.2. The van der Waals surface area contributed by atoms with Crippen LogP contribution in [0.3, 0.4) is 0 Å². The van der Waals surface area contributed by atoms with Gasteiger partial charge in [-0.1, -0.05) is 47.6 Å². The predicted molar refractivity (Wildman–Crippen MR) is 105 cm³/mol. The van der Waals surface area contributed by atoms with E-state index in [9.17, 15) is 4.79 Å². The fourth-order valence-electron chi connectivity index (χ4n) is 1.74. The highest BCUT2D eigenvalue weighted by Gasteiger charge is 2.11. The van der Waals surface area contributed by atoms with Gasteiger partial charge in [-0.25, -0.2) is 0 Å². The summed E-state index contributed by atoms with van der Waals surface area (Å²) in [7, 11) is 0. The number of carbonyl (C=O) groups is 1. The molecule has 0 aromatic heterocycles. The monoisotopic (exact) mass is 333 g/mol. The molecule has 0 aromatic rings. The van der Waals surface area contributed by atoms with E-state index < -0.39 is 0 Å². The van der Waals surface area contributed by atoms with Gasteiger partial charge in [0.15, 0.2) is 0 Å². The van der Waals surface area contributed by atoms with Gasteiger partial charge in [0.25, 0.3) is 0 Å². The molecule has 0 aliphatic heterocycles. The molecule has 0 heterocycles. The molecule has 0 rings (SSSR count). The molecule has 0 saturated heterocycles. The molecule has 4 nitrogen and oxygen atoms in total. The van der Waals surface area contributed by atoms with Crippen LogP contribution in [0.25, 0.3) is 0 Å². The second-order valence-electron chi connectivity index (χ2n) is 6.67. The summed E-state index contributed by atoms with van der Waals surface area (Å²) in [5, 5.41) is 6.15. The van der Waals surface area contributed by atoms with E-state index >= 15 is 0 Å². The highest BCUT2D eigenvalue weighted by Crippen LogP contribution is 2.14. The Bertz CT molecular complexity index is 509. The van der Waals surface area contributed by atoms with Gasteiger partial charge in [0.1, 0.15) is 5.82 Å². The summed E-state index contributed by atoms with van der Waals surface area (Å²) >= 11 is 0. The first kappa shape index (κ1) is 22.2. The van der Waals surface area contributed by atoms with Crippen molar-refractivity contribution in [3.05, 3.63) is 35.4 Å². The summed E-state index contributed by atoms with van der Waals surface area (Å²) in [6.07, 6.45) is 6.89. The molecule has 136 valence electrons. The normalized spacial score (nSPS) is 13.1. The molecule has 2 N–H and O–H groups in total. The van der Waals surface area contributed by atoms with E-state index in [0.717, 1.165) is 30.5 Å². The largest absolute Gasteiger partial charge is 0.341 e. The fourth-order valence-corrected chi connectivity index (χ4v) is 1.74. The Hall–Kier alpha value is -1.84.